The van der Waals surface area contributed by atoms with Crippen molar-refractivity contribution >= 4 is 72.5 Å². The first kappa shape index (κ1) is 19.4. The van der Waals surface area contributed by atoms with Gasteiger partial charge in [0.1, 0.15) is 9.88 Å². The molecule has 0 saturated carbocycles. The number of hydrogen-bond donors (Lipinski definition) is 1. The summed E-state index contributed by atoms with van der Waals surface area (Å²) < 4.78 is 2.58. The van der Waals surface area contributed by atoms with Crippen LogP contribution in [0.1, 0.15) is 21.1 Å². The number of nitrogens with zero attached hydrogens (tertiary/aromatic N) is 4. The molecular formula is C20H13Cl2N5OS2. The van der Waals surface area contributed by atoms with E-state index in [1.165, 1.54) is 22.7 Å². The Hall–Kier alpha value is -2.52. The molecule has 0 atom stereocenters. The summed E-state index contributed by atoms with van der Waals surface area (Å²) in [4.78, 5) is 14.2. The fourth-order valence-corrected chi connectivity index (χ4v) is 5.65. The molecule has 150 valence electrons. The number of aryl methyl sites for hydroxylation is 2. The zero-order valence-corrected chi connectivity index (χ0v) is 18.9. The summed E-state index contributed by atoms with van der Waals surface area (Å²) in [5.74, 6) is 0.471. The van der Waals surface area contributed by atoms with E-state index in [-0.39, 0.29) is 5.91 Å². The van der Waals surface area contributed by atoms with Crippen molar-refractivity contribution in [3.8, 4) is 10.6 Å². The summed E-state index contributed by atoms with van der Waals surface area (Å²) in [6.07, 6.45) is 0. The number of nitrogens with one attached hydrogen (secondary N) is 1. The number of benzene rings is 2. The molecule has 30 heavy (non-hydrogen) atoms. The fraction of sp³-hybridized carbons (Fsp3) is 0.100. The number of halogens is 2. The van der Waals surface area contributed by atoms with Gasteiger partial charge in [-0.1, -0.05) is 52.7 Å². The largest absolute Gasteiger partial charge is 0.321 e. The Bertz CT molecular complexity index is 1450. The van der Waals surface area contributed by atoms with Gasteiger partial charge in [-0.05, 0) is 37.6 Å². The number of aromatic nitrogens is 4. The summed E-state index contributed by atoms with van der Waals surface area (Å²) in [7, 11) is 0. The van der Waals surface area contributed by atoms with Gasteiger partial charge in [-0.15, -0.1) is 21.5 Å². The van der Waals surface area contributed by atoms with Gasteiger partial charge in [0.25, 0.3) is 5.91 Å². The third kappa shape index (κ3) is 3.26. The van der Waals surface area contributed by atoms with Gasteiger partial charge >= 0.3 is 0 Å². The molecule has 0 aliphatic heterocycles. The van der Waals surface area contributed by atoms with E-state index in [2.05, 4.69) is 20.6 Å². The van der Waals surface area contributed by atoms with Crippen molar-refractivity contribution in [3.63, 3.8) is 0 Å². The predicted octanol–water partition coefficient (Wildman–Crippen LogP) is 6.24. The van der Waals surface area contributed by atoms with Gasteiger partial charge in [-0.3, -0.25) is 4.79 Å². The fourth-order valence-electron chi connectivity index (χ4n) is 3.09. The van der Waals surface area contributed by atoms with Gasteiger partial charge in [0.15, 0.2) is 5.82 Å². The number of carbonyl (C=O) groups excluding carboxylic acids is 1. The van der Waals surface area contributed by atoms with Crippen molar-refractivity contribution in [2.45, 2.75) is 13.8 Å². The quantitative estimate of drug-likeness (QED) is 0.336. The molecule has 1 N–H and O–H groups in total. The number of thiophene rings is 1. The van der Waals surface area contributed by atoms with Crippen LogP contribution >= 0.6 is 45.9 Å². The highest BCUT2D eigenvalue weighted by molar-refractivity contribution is 7.21. The number of anilines is 1. The minimum Gasteiger partial charge on any atom is -0.321 e. The SMILES string of the molecule is Cc1ccc(-c2nn3c(C)nnc3s2)cc1NC(=O)c1sc2cc(Cl)ccc2c1Cl. The van der Waals surface area contributed by atoms with E-state index >= 15 is 0 Å². The van der Waals surface area contributed by atoms with Crippen molar-refractivity contribution in [2.75, 3.05) is 5.32 Å². The van der Waals surface area contributed by atoms with Crippen LogP contribution in [0.4, 0.5) is 5.69 Å². The standard InChI is InChI=1S/C20H13Cl2N5OS2/c1-9-3-4-11(19-26-27-10(2)24-25-20(27)30-19)7-14(9)23-18(28)17-16(22)13-6-5-12(21)8-15(13)29-17/h3-8H,1-2H3,(H,23,28). The molecule has 1 amide bonds. The molecule has 0 spiro atoms. The molecule has 3 aromatic heterocycles. The summed E-state index contributed by atoms with van der Waals surface area (Å²) >= 11 is 15.3. The lowest BCUT2D eigenvalue weighted by Gasteiger charge is -2.09. The number of rotatable bonds is 3. The highest BCUT2D eigenvalue weighted by atomic mass is 35.5. The maximum atomic E-state index is 13.0. The topological polar surface area (TPSA) is 72.2 Å². The highest BCUT2D eigenvalue weighted by Crippen LogP contribution is 2.37. The van der Waals surface area contributed by atoms with Crippen LogP contribution in [0.25, 0.3) is 25.6 Å². The number of amides is 1. The first-order valence-electron chi connectivity index (χ1n) is 8.89. The predicted molar refractivity (Wildman–Crippen MR) is 123 cm³/mol. The molecular weight excluding hydrogens is 461 g/mol. The Kier molecular flexibility index (Phi) is 4.74. The van der Waals surface area contributed by atoms with Crippen LogP contribution in [-0.2, 0) is 0 Å². The van der Waals surface area contributed by atoms with Crippen LogP contribution in [0.15, 0.2) is 36.4 Å². The van der Waals surface area contributed by atoms with Crippen molar-refractivity contribution in [1.29, 1.82) is 0 Å². The van der Waals surface area contributed by atoms with Crippen LogP contribution < -0.4 is 5.32 Å². The van der Waals surface area contributed by atoms with Crippen LogP contribution in [0.2, 0.25) is 10.0 Å². The van der Waals surface area contributed by atoms with Gasteiger partial charge in [0, 0.05) is 26.4 Å². The first-order chi connectivity index (χ1) is 14.4. The van der Waals surface area contributed by atoms with Crippen LogP contribution in [-0.4, -0.2) is 25.7 Å². The second-order valence-corrected chi connectivity index (χ2v) is 9.54. The number of hydrogen-bond acceptors (Lipinski definition) is 6. The van der Waals surface area contributed by atoms with Crippen LogP contribution in [0.5, 0.6) is 0 Å². The molecule has 5 rings (SSSR count). The Morgan fingerprint density at radius 3 is 2.70 bits per heavy atom. The van der Waals surface area contributed by atoms with E-state index in [0.29, 0.717) is 20.6 Å². The minimum absolute atomic E-state index is 0.258. The second kappa shape index (κ2) is 7.31. The normalized spacial score (nSPS) is 11.5. The van der Waals surface area contributed by atoms with Crippen molar-refractivity contribution < 1.29 is 4.79 Å². The van der Waals surface area contributed by atoms with Gasteiger partial charge in [-0.2, -0.15) is 9.61 Å². The zero-order valence-electron chi connectivity index (χ0n) is 15.7. The van der Waals surface area contributed by atoms with E-state index in [9.17, 15) is 4.79 Å². The number of carbonyl (C=O) groups is 1. The Morgan fingerprint density at radius 2 is 1.90 bits per heavy atom. The molecule has 5 aromatic rings. The maximum absolute atomic E-state index is 13.0. The molecule has 0 aliphatic rings. The van der Waals surface area contributed by atoms with Gasteiger partial charge < -0.3 is 5.32 Å². The molecule has 0 saturated heterocycles. The highest BCUT2D eigenvalue weighted by Gasteiger charge is 2.19. The average molecular weight is 474 g/mol. The molecule has 0 unspecified atom stereocenters. The lowest BCUT2D eigenvalue weighted by molar-refractivity contribution is 0.103. The second-order valence-electron chi connectivity index (χ2n) is 6.72. The van der Waals surface area contributed by atoms with E-state index in [4.69, 9.17) is 23.2 Å². The minimum atomic E-state index is -0.258. The Morgan fingerprint density at radius 1 is 1.07 bits per heavy atom. The molecule has 2 aromatic carbocycles. The van der Waals surface area contributed by atoms with Crippen LogP contribution in [0, 0.1) is 13.8 Å². The van der Waals surface area contributed by atoms with Gasteiger partial charge in [0.05, 0.1) is 5.02 Å². The summed E-state index contributed by atoms with van der Waals surface area (Å²) in [5.41, 5.74) is 2.53. The van der Waals surface area contributed by atoms with Crippen molar-refractivity contribution in [1.82, 2.24) is 19.8 Å². The zero-order chi connectivity index (χ0) is 21.0. The maximum Gasteiger partial charge on any atom is 0.267 e. The molecule has 10 heteroatoms. The summed E-state index contributed by atoms with van der Waals surface area (Å²) in [6.45, 7) is 3.79. The molecule has 0 aliphatic carbocycles. The lowest BCUT2D eigenvalue weighted by atomic mass is 10.1. The Balaban J connectivity index is 1.49. The molecule has 0 radical (unpaired) electrons. The lowest BCUT2D eigenvalue weighted by Crippen LogP contribution is -2.11. The number of fused-ring (bicyclic) bond motifs is 2. The Labute approximate surface area is 189 Å². The third-order valence-corrected chi connectivity index (χ3v) is 7.52. The first-order valence-corrected chi connectivity index (χ1v) is 11.3. The van der Waals surface area contributed by atoms with E-state index in [1.807, 2.05) is 44.2 Å². The summed E-state index contributed by atoms with van der Waals surface area (Å²) in [6, 6.07) is 11.2. The monoisotopic (exact) mass is 473 g/mol. The van der Waals surface area contributed by atoms with Crippen LogP contribution in [0.3, 0.4) is 0 Å². The third-order valence-electron chi connectivity index (χ3n) is 4.68. The molecule has 3 heterocycles. The molecule has 0 bridgehead atoms. The van der Waals surface area contributed by atoms with Gasteiger partial charge in [0.2, 0.25) is 4.96 Å². The molecule has 0 fully saturated rings. The van der Waals surface area contributed by atoms with Crippen molar-refractivity contribution in [3.05, 3.63) is 62.7 Å². The van der Waals surface area contributed by atoms with Crippen molar-refractivity contribution in [2.24, 2.45) is 0 Å². The van der Waals surface area contributed by atoms with E-state index < -0.39 is 0 Å². The van der Waals surface area contributed by atoms with E-state index in [0.717, 1.165) is 37.0 Å². The average Bonchev–Trinajstić information content (AvgIpc) is 3.38. The van der Waals surface area contributed by atoms with Gasteiger partial charge in [-0.25, -0.2) is 0 Å². The molecule has 6 nitrogen and oxygen atoms in total. The van der Waals surface area contributed by atoms with E-state index in [1.54, 1.807) is 10.6 Å². The smallest absolute Gasteiger partial charge is 0.267 e. The summed E-state index contributed by atoms with van der Waals surface area (Å²) in [5, 5.41) is 18.3.